The molecule has 3 aromatic rings. The molecule has 0 spiro atoms. The van der Waals surface area contributed by atoms with E-state index < -0.39 is 33.9 Å². The van der Waals surface area contributed by atoms with Gasteiger partial charge in [0, 0.05) is 12.0 Å². The molecule has 0 bridgehead atoms. The van der Waals surface area contributed by atoms with Crippen molar-refractivity contribution < 1.29 is 22.3 Å². The first-order chi connectivity index (χ1) is 16.8. The molecule has 0 aliphatic carbocycles. The zero-order valence-corrected chi connectivity index (χ0v) is 20.6. The van der Waals surface area contributed by atoms with Crippen molar-refractivity contribution in [3.63, 3.8) is 0 Å². The highest BCUT2D eigenvalue weighted by Crippen LogP contribution is 2.42. The number of hydrogen-bond donors (Lipinski definition) is 1. The van der Waals surface area contributed by atoms with Crippen LogP contribution >= 0.6 is 0 Å². The maximum Gasteiger partial charge on any atom is 0.264 e. The molecule has 1 N–H and O–H groups in total. The number of amides is 1. The molecule has 0 aromatic heterocycles. The lowest BCUT2D eigenvalue weighted by atomic mass is 9.83. The SMILES string of the molecule is CCC1(CC)C[C@@H](NC(=O)CN(c2ccccc2)S(=O)(=O)c2ccc(F)cc2)c2ccccc2O1. The number of nitrogens with zero attached hydrogens (tertiary/aromatic N) is 1. The summed E-state index contributed by atoms with van der Waals surface area (Å²) in [6, 6.07) is 20.3. The summed E-state index contributed by atoms with van der Waals surface area (Å²) in [5, 5.41) is 3.05. The first kappa shape index (κ1) is 24.7. The number of carbonyl (C=O) groups is 1. The second-order valence-corrected chi connectivity index (χ2v) is 10.5. The molecule has 0 saturated carbocycles. The number of anilines is 1. The van der Waals surface area contributed by atoms with E-state index in [2.05, 4.69) is 19.2 Å². The minimum Gasteiger partial charge on any atom is -0.487 e. The summed E-state index contributed by atoms with van der Waals surface area (Å²) in [7, 11) is -4.12. The third-order valence-corrected chi connectivity index (χ3v) is 8.34. The summed E-state index contributed by atoms with van der Waals surface area (Å²) in [6.07, 6.45) is 2.14. The first-order valence-corrected chi connectivity index (χ1v) is 13.1. The molecule has 1 atom stereocenters. The Hall–Kier alpha value is -3.39. The Balaban J connectivity index is 1.63. The maximum absolute atomic E-state index is 13.5. The zero-order valence-electron chi connectivity index (χ0n) is 19.8. The molecule has 6 nitrogen and oxygen atoms in total. The molecule has 0 unspecified atom stereocenters. The Labute approximate surface area is 205 Å². The largest absolute Gasteiger partial charge is 0.487 e. The minimum atomic E-state index is -4.12. The highest BCUT2D eigenvalue weighted by atomic mass is 32.2. The number of benzene rings is 3. The van der Waals surface area contributed by atoms with Gasteiger partial charge in [-0.25, -0.2) is 12.8 Å². The lowest BCUT2D eigenvalue weighted by Crippen LogP contribution is -2.47. The quantitative estimate of drug-likeness (QED) is 0.464. The summed E-state index contributed by atoms with van der Waals surface area (Å²) in [5.41, 5.74) is 0.799. The van der Waals surface area contributed by atoms with E-state index in [0.717, 1.165) is 40.6 Å². The minimum absolute atomic E-state index is 0.0945. The monoisotopic (exact) mass is 496 g/mol. The van der Waals surface area contributed by atoms with Gasteiger partial charge in [0.25, 0.3) is 10.0 Å². The molecule has 1 heterocycles. The molecule has 4 rings (SSSR count). The molecule has 0 fully saturated rings. The van der Waals surface area contributed by atoms with E-state index in [1.807, 2.05) is 24.3 Å². The van der Waals surface area contributed by atoms with Crippen LogP contribution in [0.3, 0.4) is 0 Å². The van der Waals surface area contributed by atoms with Crippen molar-refractivity contribution in [3.05, 3.63) is 90.2 Å². The molecule has 3 aromatic carbocycles. The van der Waals surface area contributed by atoms with E-state index in [4.69, 9.17) is 4.74 Å². The molecular formula is C27H29FN2O4S. The van der Waals surface area contributed by atoms with Crippen LogP contribution in [-0.2, 0) is 14.8 Å². The predicted molar refractivity (Wildman–Crippen MR) is 133 cm³/mol. The molecule has 0 saturated heterocycles. The van der Waals surface area contributed by atoms with Crippen molar-refractivity contribution in [2.75, 3.05) is 10.8 Å². The highest BCUT2D eigenvalue weighted by molar-refractivity contribution is 7.92. The second kappa shape index (κ2) is 10.1. The number of carbonyl (C=O) groups excluding carboxylic acids is 1. The van der Waals surface area contributed by atoms with Crippen LogP contribution in [0.15, 0.2) is 83.8 Å². The molecule has 1 aliphatic rings. The van der Waals surface area contributed by atoms with Crippen molar-refractivity contribution in [1.82, 2.24) is 5.32 Å². The van der Waals surface area contributed by atoms with Crippen LogP contribution in [0.1, 0.15) is 44.7 Å². The van der Waals surface area contributed by atoms with Gasteiger partial charge in [-0.05, 0) is 55.3 Å². The van der Waals surface area contributed by atoms with Crippen LogP contribution < -0.4 is 14.4 Å². The lowest BCUT2D eigenvalue weighted by Gasteiger charge is -2.41. The van der Waals surface area contributed by atoms with E-state index in [9.17, 15) is 17.6 Å². The van der Waals surface area contributed by atoms with E-state index in [1.54, 1.807) is 30.3 Å². The van der Waals surface area contributed by atoms with Crippen molar-refractivity contribution >= 4 is 21.6 Å². The Morgan fingerprint density at radius 3 is 2.29 bits per heavy atom. The Morgan fingerprint density at radius 2 is 1.63 bits per heavy atom. The Morgan fingerprint density at radius 1 is 1.00 bits per heavy atom. The van der Waals surface area contributed by atoms with Crippen LogP contribution in [0.4, 0.5) is 10.1 Å². The van der Waals surface area contributed by atoms with Crippen LogP contribution in [0.25, 0.3) is 0 Å². The van der Waals surface area contributed by atoms with E-state index in [0.29, 0.717) is 12.1 Å². The summed E-state index contributed by atoms with van der Waals surface area (Å²) in [5.74, 6) is -0.254. The van der Waals surface area contributed by atoms with Gasteiger partial charge in [-0.1, -0.05) is 50.2 Å². The predicted octanol–water partition coefficient (Wildman–Crippen LogP) is 5.22. The average molecular weight is 497 g/mol. The fourth-order valence-corrected chi connectivity index (χ4v) is 5.86. The topological polar surface area (TPSA) is 75.7 Å². The number of para-hydroxylation sites is 2. The van der Waals surface area contributed by atoms with Crippen molar-refractivity contribution in [2.45, 2.75) is 49.6 Å². The zero-order chi connectivity index (χ0) is 25.1. The molecule has 1 aliphatic heterocycles. The van der Waals surface area contributed by atoms with Crippen LogP contribution in [0.5, 0.6) is 5.75 Å². The summed E-state index contributed by atoms with van der Waals surface area (Å²) in [6.45, 7) is 3.69. The summed E-state index contributed by atoms with van der Waals surface area (Å²) >= 11 is 0. The van der Waals surface area contributed by atoms with Crippen LogP contribution in [0, 0.1) is 5.82 Å². The van der Waals surface area contributed by atoms with Crippen molar-refractivity contribution in [3.8, 4) is 5.75 Å². The van der Waals surface area contributed by atoms with E-state index >= 15 is 0 Å². The summed E-state index contributed by atoms with van der Waals surface area (Å²) in [4.78, 5) is 13.2. The van der Waals surface area contributed by atoms with E-state index in [1.165, 1.54) is 12.1 Å². The number of hydrogen-bond acceptors (Lipinski definition) is 4. The van der Waals surface area contributed by atoms with Gasteiger partial charge in [0.15, 0.2) is 0 Å². The fraction of sp³-hybridized carbons (Fsp3) is 0.296. The molecule has 184 valence electrons. The van der Waals surface area contributed by atoms with Crippen LogP contribution in [0.2, 0.25) is 0 Å². The number of rotatable bonds is 8. The number of fused-ring (bicyclic) bond motifs is 1. The lowest BCUT2D eigenvalue weighted by molar-refractivity contribution is -0.121. The van der Waals surface area contributed by atoms with Gasteiger partial charge in [-0.15, -0.1) is 0 Å². The van der Waals surface area contributed by atoms with Crippen LogP contribution in [-0.4, -0.2) is 26.5 Å². The van der Waals surface area contributed by atoms with Gasteiger partial charge in [-0.2, -0.15) is 0 Å². The van der Waals surface area contributed by atoms with Gasteiger partial charge in [-0.3, -0.25) is 9.10 Å². The highest BCUT2D eigenvalue weighted by Gasteiger charge is 2.39. The average Bonchev–Trinajstić information content (AvgIpc) is 2.87. The van der Waals surface area contributed by atoms with Crippen molar-refractivity contribution in [1.29, 1.82) is 0 Å². The van der Waals surface area contributed by atoms with Gasteiger partial charge in [0.05, 0.1) is 16.6 Å². The molecule has 8 heteroatoms. The smallest absolute Gasteiger partial charge is 0.264 e. The van der Waals surface area contributed by atoms with Gasteiger partial charge < -0.3 is 10.1 Å². The number of sulfonamides is 1. The third kappa shape index (κ3) is 5.17. The Bertz CT molecular complexity index is 1280. The molecular weight excluding hydrogens is 467 g/mol. The Kier molecular flexibility index (Phi) is 7.12. The molecule has 35 heavy (non-hydrogen) atoms. The van der Waals surface area contributed by atoms with Crippen molar-refractivity contribution in [2.24, 2.45) is 0 Å². The number of ether oxygens (including phenoxy) is 1. The molecule has 1 amide bonds. The maximum atomic E-state index is 13.5. The third-order valence-electron chi connectivity index (χ3n) is 6.55. The number of nitrogens with one attached hydrogen (secondary N) is 1. The fourth-order valence-electron chi connectivity index (χ4n) is 4.44. The van der Waals surface area contributed by atoms with Gasteiger partial charge >= 0.3 is 0 Å². The second-order valence-electron chi connectivity index (χ2n) is 8.66. The summed E-state index contributed by atoms with van der Waals surface area (Å²) < 4.78 is 47.7. The van der Waals surface area contributed by atoms with Gasteiger partial charge in [0.2, 0.25) is 5.91 Å². The number of halogens is 1. The van der Waals surface area contributed by atoms with E-state index in [-0.39, 0.29) is 10.9 Å². The standard InChI is InChI=1S/C27H29FN2O4S/c1-3-27(4-2)18-24(23-12-8-9-13-25(23)34-27)29-26(31)19-30(21-10-6-5-7-11-21)35(32,33)22-16-14-20(28)15-17-22/h5-17,24H,3-4,18-19H2,1-2H3,(H,29,31)/t24-/m1/s1. The van der Waals surface area contributed by atoms with Gasteiger partial charge in [0.1, 0.15) is 23.7 Å². The molecule has 0 radical (unpaired) electrons. The normalized spacial score (nSPS) is 16.6. The first-order valence-electron chi connectivity index (χ1n) is 11.7.